The van der Waals surface area contributed by atoms with E-state index in [0.29, 0.717) is 16.5 Å². The Balaban J connectivity index is 1.77. The van der Waals surface area contributed by atoms with Crippen LogP contribution < -0.4 is 16.7 Å². The molecule has 0 fully saturated rings. The van der Waals surface area contributed by atoms with Crippen LogP contribution in [0.15, 0.2) is 9.95 Å². The second-order valence-electron chi connectivity index (χ2n) is 6.86. The van der Waals surface area contributed by atoms with E-state index in [1.54, 1.807) is 6.92 Å². The molecular weight excluding hydrogens is 414 g/mol. The monoisotopic (exact) mass is 437 g/mol. The lowest BCUT2D eigenvalue weighted by Gasteiger charge is -2.18. The average Bonchev–Trinajstić information content (AvgIpc) is 3.02. The highest BCUT2D eigenvalue weighted by atomic mass is 32.2. The normalized spacial score (nSPS) is 15.6. The second-order valence-corrected chi connectivity index (χ2v) is 8.90. The molecule has 0 spiro atoms. The lowest BCUT2D eigenvalue weighted by molar-refractivity contribution is -0.113. The first-order valence-electron chi connectivity index (χ1n) is 9.27. The van der Waals surface area contributed by atoms with Crippen molar-refractivity contribution in [1.82, 2.24) is 14.9 Å². The molecule has 1 atom stereocenters. The molecule has 0 bridgehead atoms. The number of aryl methyl sites for hydroxylation is 1. The van der Waals surface area contributed by atoms with Crippen LogP contribution in [0.25, 0.3) is 0 Å². The molecule has 3 rings (SSSR count). The highest BCUT2D eigenvalue weighted by Gasteiger charge is 2.29. The standard InChI is InChI=1S/C18H23N5O4S2/c1-4-27-17(26)14-11-6-5-9(2)7-12(11)29-15(14)20-13(24)8-28-18-22-21-10(3)16(25)23(18)19/h9H,4-8,19H2,1-3H3,(H,20,24). The van der Waals surface area contributed by atoms with Crippen LogP contribution in [-0.2, 0) is 22.4 Å². The molecule has 0 radical (unpaired) electrons. The van der Waals surface area contributed by atoms with Crippen molar-refractivity contribution < 1.29 is 14.3 Å². The zero-order valence-corrected chi connectivity index (χ0v) is 18.1. The molecule has 3 N–H and O–H groups in total. The van der Waals surface area contributed by atoms with Gasteiger partial charge in [0, 0.05) is 4.88 Å². The first-order valence-corrected chi connectivity index (χ1v) is 11.1. The molecule has 0 aromatic carbocycles. The number of nitrogens with one attached hydrogen (secondary N) is 1. The maximum absolute atomic E-state index is 12.5. The summed E-state index contributed by atoms with van der Waals surface area (Å²) >= 11 is 2.43. The fourth-order valence-electron chi connectivity index (χ4n) is 3.12. The first kappa shape index (κ1) is 21.3. The van der Waals surface area contributed by atoms with Crippen molar-refractivity contribution in [3.05, 3.63) is 32.1 Å². The minimum Gasteiger partial charge on any atom is -0.462 e. The summed E-state index contributed by atoms with van der Waals surface area (Å²) in [5.74, 6) is 5.45. The van der Waals surface area contributed by atoms with Gasteiger partial charge in [0.05, 0.1) is 17.9 Å². The van der Waals surface area contributed by atoms with Crippen molar-refractivity contribution in [2.45, 2.75) is 45.2 Å². The molecule has 2 aromatic heterocycles. The van der Waals surface area contributed by atoms with Gasteiger partial charge in [0.25, 0.3) is 5.56 Å². The van der Waals surface area contributed by atoms with Crippen LogP contribution in [0.2, 0.25) is 0 Å². The number of ether oxygens (including phenoxy) is 1. The minimum atomic E-state index is -0.465. The third kappa shape index (κ3) is 4.61. The molecule has 0 saturated heterocycles. The quantitative estimate of drug-likeness (QED) is 0.397. The predicted octanol–water partition coefficient (Wildman–Crippen LogP) is 1.75. The number of aromatic nitrogens is 3. The Hall–Kier alpha value is -2.40. The number of rotatable bonds is 6. The Bertz CT molecular complexity index is 1000. The van der Waals surface area contributed by atoms with Crippen LogP contribution in [0.4, 0.5) is 5.00 Å². The van der Waals surface area contributed by atoms with E-state index in [0.717, 1.165) is 46.1 Å². The van der Waals surface area contributed by atoms with Gasteiger partial charge in [-0.05, 0) is 44.6 Å². The number of amides is 1. The van der Waals surface area contributed by atoms with Crippen LogP contribution in [0.3, 0.4) is 0 Å². The number of esters is 1. The van der Waals surface area contributed by atoms with Gasteiger partial charge in [-0.15, -0.1) is 21.5 Å². The fraction of sp³-hybridized carbons (Fsp3) is 0.500. The molecule has 156 valence electrons. The van der Waals surface area contributed by atoms with Crippen molar-refractivity contribution in [3.8, 4) is 0 Å². The largest absolute Gasteiger partial charge is 0.462 e. The fourth-order valence-corrected chi connectivity index (χ4v) is 5.19. The van der Waals surface area contributed by atoms with Crippen molar-refractivity contribution >= 4 is 40.0 Å². The number of carbonyl (C=O) groups is 2. The van der Waals surface area contributed by atoms with Crippen LogP contribution >= 0.6 is 23.1 Å². The summed E-state index contributed by atoms with van der Waals surface area (Å²) in [6, 6.07) is 0. The molecule has 1 amide bonds. The first-order chi connectivity index (χ1) is 13.8. The number of nitrogens with zero attached hydrogens (tertiary/aromatic N) is 3. The number of hydrogen-bond donors (Lipinski definition) is 2. The SMILES string of the molecule is CCOC(=O)c1c(NC(=O)CSc2nnc(C)c(=O)n2N)sc2c1CCC(C)C2. The Kier molecular flexibility index (Phi) is 6.58. The van der Waals surface area contributed by atoms with Crippen molar-refractivity contribution in [2.24, 2.45) is 5.92 Å². The highest BCUT2D eigenvalue weighted by molar-refractivity contribution is 7.99. The van der Waals surface area contributed by atoms with E-state index in [4.69, 9.17) is 10.6 Å². The Morgan fingerprint density at radius 3 is 2.90 bits per heavy atom. The molecule has 1 aliphatic carbocycles. The summed E-state index contributed by atoms with van der Waals surface area (Å²) in [7, 11) is 0. The van der Waals surface area contributed by atoms with E-state index in [2.05, 4.69) is 22.4 Å². The van der Waals surface area contributed by atoms with Crippen LogP contribution in [-0.4, -0.2) is 39.1 Å². The summed E-state index contributed by atoms with van der Waals surface area (Å²) in [4.78, 5) is 38.0. The number of hydrogen-bond acceptors (Lipinski definition) is 9. The van der Waals surface area contributed by atoms with E-state index < -0.39 is 11.5 Å². The Morgan fingerprint density at radius 2 is 2.17 bits per heavy atom. The molecule has 9 nitrogen and oxygen atoms in total. The van der Waals surface area contributed by atoms with Gasteiger partial charge in [-0.3, -0.25) is 9.59 Å². The summed E-state index contributed by atoms with van der Waals surface area (Å²) in [5.41, 5.74) is 1.16. The maximum atomic E-state index is 12.5. The van der Waals surface area contributed by atoms with Gasteiger partial charge in [-0.1, -0.05) is 18.7 Å². The van der Waals surface area contributed by atoms with E-state index in [1.807, 2.05) is 0 Å². The molecule has 1 aliphatic rings. The number of fused-ring (bicyclic) bond motifs is 1. The summed E-state index contributed by atoms with van der Waals surface area (Å²) in [6.07, 6.45) is 2.68. The van der Waals surface area contributed by atoms with Crippen LogP contribution in [0, 0.1) is 12.8 Å². The van der Waals surface area contributed by atoms with E-state index >= 15 is 0 Å². The third-order valence-corrected chi connectivity index (χ3v) is 6.71. The lowest BCUT2D eigenvalue weighted by atomic mass is 9.88. The van der Waals surface area contributed by atoms with Crippen molar-refractivity contribution in [1.29, 1.82) is 0 Å². The summed E-state index contributed by atoms with van der Waals surface area (Å²) < 4.78 is 6.08. The smallest absolute Gasteiger partial charge is 0.341 e. The van der Waals surface area contributed by atoms with Gasteiger partial charge in [0.15, 0.2) is 0 Å². The van der Waals surface area contributed by atoms with Crippen molar-refractivity contribution in [3.63, 3.8) is 0 Å². The minimum absolute atomic E-state index is 0.0321. The predicted molar refractivity (Wildman–Crippen MR) is 112 cm³/mol. The van der Waals surface area contributed by atoms with Crippen LogP contribution in [0.1, 0.15) is 46.8 Å². The Labute approximate surface area is 176 Å². The molecule has 29 heavy (non-hydrogen) atoms. The highest BCUT2D eigenvalue weighted by Crippen LogP contribution is 2.40. The van der Waals surface area contributed by atoms with E-state index in [9.17, 15) is 14.4 Å². The average molecular weight is 438 g/mol. The third-order valence-electron chi connectivity index (χ3n) is 4.60. The van der Waals surface area contributed by atoms with Gasteiger partial charge < -0.3 is 15.9 Å². The number of thiophene rings is 1. The van der Waals surface area contributed by atoms with E-state index in [1.165, 1.54) is 18.3 Å². The van der Waals surface area contributed by atoms with Gasteiger partial charge >= 0.3 is 5.97 Å². The number of carbonyl (C=O) groups excluding carboxylic acids is 2. The lowest BCUT2D eigenvalue weighted by Crippen LogP contribution is -2.32. The summed E-state index contributed by atoms with van der Waals surface area (Å²) in [6.45, 7) is 5.71. The topological polar surface area (TPSA) is 129 Å². The molecule has 11 heteroatoms. The van der Waals surface area contributed by atoms with Gasteiger partial charge in [-0.2, -0.15) is 4.68 Å². The van der Waals surface area contributed by atoms with Gasteiger partial charge in [0.2, 0.25) is 11.1 Å². The van der Waals surface area contributed by atoms with E-state index in [-0.39, 0.29) is 29.1 Å². The molecule has 2 heterocycles. The summed E-state index contributed by atoms with van der Waals surface area (Å²) in [5, 5.41) is 11.1. The van der Waals surface area contributed by atoms with Crippen LogP contribution in [0.5, 0.6) is 0 Å². The molecule has 1 unspecified atom stereocenters. The van der Waals surface area contributed by atoms with Crippen molar-refractivity contribution in [2.75, 3.05) is 23.5 Å². The Morgan fingerprint density at radius 1 is 1.41 bits per heavy atom. The molecule has 0 aliphatic heterocycles. The second kappa shape index (κ2) is 8.95. The number of anilines is 1. The van der Waals surface area contributed by atoms with Gasteiger partial charge in [0.1, 0.15) is 10.7 Å². The number of nitrogen functional groups attached to an aromatic ring is 1. The molecule has 0 saturated carbocycles. The molecule has 2 aromatic rings. The van der Waals surface area contributed by atoms with Gasteiger partial charge in [-0.25, -0.2) is 4.79 Å². The maximum Gasteiger partial charge on any atom is 0.341 e. The zero-order chi connectivity index (χ0) is 21.1. The number of nitrogens with two attached hydrogens (primary N) is 1. The zero-order valence-electron chi connectivity index (χ0n) is 16.5. The number of thioether (sulfide) groups is 1. The molecular formula is C18H23N5O4S2.